The third-order valence-electron chi connectivity index (χ3n) is 6.77. The number of aromatic nitrogens is 2. The van der Waals surface area contributed by atoms with E-state index in [-0.39, 0.29) is 17.6 Å². The number of aryl methyl sites for hydroxylation is 1. The summed E-state index contributed by atoms with van der Waals surface area (Å²) in [5.74, 6) is -0.257. The van der Waals surface area contributed by atoms with Crippen LogP contribution in [-0.4, -0.2) is 34.1 Å². The number of hydrogen-bond donors (Lipinski definition) is 1. The summed E-state index contributed by atoms with van der Waals surface area (Å²) in [6.07, 6.45) is 7.71. The molecule has 8 nitrogen and oxygen atoms in total. The molecule has 3 aromatic rings. The molecule has 2 aromatic carbocycles. The summed E-state index contributed by atoms with van der Waals surface area (Å²) < 4.78 is 0. The van der Waals surface area contributed by atoms with Crippen LogP contribution in [0.3, 0.4) is 0 Å². The lowest BCUT2D eigenvalue weighted by Crippen LogP contribution is -2.31. The highest BCUT2D eigenvalue weighted by Crippen LogP contribution is 2.34. The van der Waals surface area contributed by atoms with Crippen molar-refractivity contribution in [2.24, 2.45) is 0 Å². The third-order valence-corrected chi connectivity index (χ3v) is 6.77. The number of carbonyl (C=O) groups is 1. The van der Waals surface area contributed by atoms with E-state index in [9.17, 15) is 14.9 Å². The van der Waals surface area contributed by atoms with Crippen LogP contribution in [0.15, 0.2) is 54.7 Å². The predicted molar refractivity (Wildman–Crippen MR) is 130 cm³/mol. The molecule has 0 spiro atoms. The van der Waals surface area contributed by atoms with Crippen molar-refractivity contribution in [2.45, 2.75) is 44.6 Å². The molecule has 1 saturated heterocycles. The van der Waals surface area contributed by atoms with Crippen molar-refractivity contribution in [2.75, 3.05) is 18.0 Å². The van der Waals surface area contributed by atoms with E-state index < -0.39 is 4.92 Å². The Morgan fingerprint density at radius 1 is 1.06 bits per heavy atom. The van der Waals surface area contributed by atoms with Crippen LogP contribution in [0, 0.1) is 10.1 Å². The van der Waals surface area contributed by atoms with E-state index in [1.807, 2.05) is 12.1 Å². The molecule has 2 heterocycles. The van der Waals surface area contributed by atoms with Gasteiger partial charge in [0.05, 0.1) is 28.3 Å². The lowest BCUT2D eigenvalue weighted by Gasteiger charge is -2.29. The number of carbonyl (C=O) groups excluding carboxylic acids is 1. The molecule has 1 atom stereocenters. The molecule has 1 aliphatic heterocycles. The molecule has 174 valence electrons. The fourth-order valence-corrected chi connectivity index (χ4v) is 5.01. The highest BCUT2D eigenvalue weighted by Gasteiger charge is 2.24. The van der Waals surface area contributed by atoms with Crippen molar-refractivity contribution in [1.29, 1.82) is 0 Å². The summed E-state index contributed by atoms with van der Waals surface area (Å²) in [7, 11) is 0. The molecule has 1 N–H and O–H groups in total. The van der Waals surface area contributed by atoms with Crippen LogP contribution in [0.4, 0.5) is 11.4 Å². The first-order valence-electron chi connectivity index (χ1n) is 11.9. The van der Waals surface area contributed by atoms with Gasteiger partial charge in [-0.3, -0.25) is 14.9 Å². The average molecular weight is 458 g/mol. The number of nitrogens with one attached hydrogen (secondary N) is 1. The molecular weight excluding hydrogens is 430 g/mol. The maximum atomic E-state index is 13.1. The smallest absolute Gasteiger partial charge is 0.278 e. The SMILES string of the molecule is O=C(N[C@H]1CCCc2ccccc21)c1cnnc(-c2cc(N3CCCCC3)ccc2[N+](=O)[O-])c1. The number of amides is 1. The van der Waals surface area contributed by atoms with Gasteiger partial charge >= 0.3 is 0 Å². The van der Waals surface area contributed by atoms with Gasteiger partial charge in [-0.15, -0.1) is 0 Å². The molecule has 2 aliphatic rings. The van der Waals surface area contributed by atoms with E-state index in [4.69, 9.17) is 0 Å². The summed E-state index contributed by atoms with van der Waals surface area (Å²) in [4.78, 5) is 26.7. The summed E-state index contributed by atoms with van der Waals surface area (Å²) >= 11 is 0. The lowest BCUT2D eigenvalue weighted by atomic mass is 9.87. The highest BCUT2D eigenvalue weighted by molar-refractivity contribution is 5.95. The second-order valence-electron chi connectivity index (χ2n) is 8.95. The minimum atomic E-state index is -0.414. The molecule has 1 aliphatic carbocycles. The van der Waals surface area contributed by atoms with Crippen molar-refractivity contribution in [3.05, 3.63) is 81.5 Å². The number of hydrogen-bond acceptors (Lipinski definition) is 6. The Morgan fingerprint density at radius 2 is 1.88 bits per heavy atom. The zero-order valence-electron chi connectivity index (χ0n) is 18.9. The summed E-state index contributed by atoms with van der Waals surface area (Å²) in [6, 6.07) is 14.8. The first kappa shape index (κ1) is 22.0. The first-order valence-corrected chi connectivity index (χ1v) is 11.9. The summed E-state index contributed by atoms with van der Waals surface area (Å²) in [6.45, 7) is 1.85. The topological polar surface area (TPSA) is 101 Å². The Morgan fingerprint density at radius 3 is 2.71 bits per heavy atom. The fraction of sp³-hybridized carbons (Fsp3) is 0.346. The number of benzene rings is 2. The van der Waals surface area contributed by atoms with Crippen molar-refractivity contribution < 1.29 is 9.72 Å². The van der Waals surface area contributed by atoms with Crippen molar-refractivity contribution >= 4 is 17.3 Å². The minimum Gasteiger partial charge on any atom is -0.372 e. The van der Waals surface area contributed by atoms with Gasteiger partial charge in [0, 0.05) is 24.8 Å². The monoisotopic (exact) mass is 457 g/mol. The zero-order chi connectivity index (χ0) is 23.5. The normalized spacial score (nSPS) is 17.6. The van der Waals surface area contributed by atoms with Gasteiger partial charge in [0.1, 0.15) is 5.69 Å². The minimum absolute atomic E-state index is 0.0474. The maximum Gasteiger partial charge on any atom is 0.278 e. The van der Waals surface area contributed by atoms with Crippen LogP contribution in [0.2, 0.25) is 0 Å². The highest BCUT2D eigenvalue weighted by atomic mass is 16.6. The molecule has 8 heteroatoms. The second-order valence-corrected chi connectivity index (χ2v) is 8.95. The molecule has 1 fully saturated rings. The Bertz CT molecular complexity index is 1220. The molecule has 0 saturated carbocycles. The molecular formula is C26H27N5O3. The fourth-order valence-electron chi connectivity index (χ4n) is 5.01. The van der Waals surface area contributed by atoms with Gasteiger partial charge in [0.15, 0.2) is 0 Å². The number of nitro groups is 1. The number of anilines is 1. The Hall–Kier alpha value is -3.81. The van der Waals surface area contributed by atoms with Crippen LogP contribution in [-0.2, 0) is 6.42 Å². The van der Waals surface area contributed by atoms with Gasteiger partial charge in [-0.1, -0.05) is 24.3 Å². The Labute approximate surface area is 198 Å². The quantitative estimate of drug-likeness (QED) is 0.434. The number of piperidine rings is 1. The Kier molecular flexibility index (Phi) is 6.20. The van der Waals surface area contributed by atoms with Gasteiger partial charge in [0.25, 0.3) is 11.6 Å². The molecule has 0 radical (unpaired) electrons. The molecule has 34 heavy (non-hydrogen) atoms. The number of fused-ring (bicyclic) bond motifs is 1. The standard InChI is InChI=1S/C26H27N5O3/c32-26(28-23-10-6-8-18-7-2-3-9-21(18)23)19-15-24(29-27-17-19)22-16-20(11-12-25(22)31(33)34)30-13-4-1-5-14-30/h2-3,7,9,11-12,15-17,23H,1,4-6,8,10,13-14H2,(H,28,32)/t23-/m0/s1. The molecule has 0 unspecified atom stereocenters. The van der Waals surface area contributed by atoms with Gasteiger partial charge in [0.2, 0.25) is 0 Å². The number of nitro benzene ring substituents is 1. The maximum absolute atomic E-state index is 13.1. The van der Waals surface area contributed by atoms with Crippen LogP contribution in [0.1, 0.15) is 59.6 Å². The first-order chi connectivity index (χ1) is 16.6. The number of rotatable bonds is 5. The zero-order valence-corrected chi connectivity index (χ0v) is 18.9. The van der Waals surface area contributed by atoms with E-state index >= 15 is 0 Å². The second kappa shape index (κ2) is 9.59. The van der Waals surface area contributed by atoms with Crippen LogP contribution in [0.25, 0.3) is 11.3 Å². The lowest BCUT2D eigenvalue weighted by molar-refractivity contribution is -0.384. The van der Waals surface area contributed by atoms with Crippen LogP contribution < -0.4 is 10.2 Å². The number of nitrogens with zero attached hydrogens (tertiary/aromatic N) is 4. The summed E-state index contributed by atoms with van der Waals surface area (Å²) in [5.41, 5.74) is 4.32. The Balaban J connectivity index is 1.44. The molecule has 1 aromatic heterocycles. The van der Waals surface area contributed by atoms with Crippen molar-refractivity contribution in [1.82, 2.24) is 15.5 Å². The third kappa shape index (κ3) is 4.48. The van der Waals surface area contributed by atoms with E-state index in [0.717, 1.165) is 56.4 Å². The van der Waals surface area contributed by atoms with E-state index in [1.54, 1.807) is 18.2 Å². The van der Waals surface area contributed by atoms with Gasteiger partial charge in [-0.2, -0.15) is 10.2 Å². The largest absolute Gasteiger partial charge is 0.372 e. The molecule has 5 rings (SSSR count). The molecule has 0 bridgehead atoms. The summed E-state index contributed by atoms with van der Waals surface area (Å²) in [5, 5.41) is 23.0. The van der Waals surface area contributed by atoms with Gasteiger partial charge in [-0.05, 0) is 67.9 Å². The van der Waals surface area contributed by atoms with Crippen molar-refractivity contribution in [3.63, 3.8) is 0 Å². The van der Waals surface area contributed by atoms with E-state index in [2.05, 4.69) is 32.5 Å². The molecule has 1 amide bonds. The predicted octanol–water partition coefficient (Wildman–Crippen LogP) is 4.85. The van der Waals surface area contributed by atoms with Crippen molar-refractivity contribution in [3.8, 4) is 11.3 Å². The van der Waals surface area contributed by atoms with Crippen LogP contribution in [0.5, 0.6) is 0 Å². The van der Waals surface area contributed by atoms with Crippen LogP contribution >= 0.6 is 0 Å². The van der Waals surface area contributed by atoms with E-state index in [0.29, 0.717) is 16.8 Å². The van der Waals surface area contributed by atoms with E-state index in [1.165, 1.54) is 24.2 Å². The van der Waals surface area contributed by atoms with Gasteiger partial charge < -0.3 is 10.2 Å². The average Bonchev–Trinajstić information content (AvgIpc) is 2.89. The van der Waals surface area contributed by atoms with Gasteiger partial charge in [-0.25, -0.2) is 0 Å².